The second-order valence-electron chi connectivity index (χ2n) is 6.62. The molecular weight excluding hydrogens is 312 g/mol. The number of aliphatic hydroxyl groups excluding tert-OH is 4. The summed E-state index contributed by atoms with van der Waals surface area (Å²) < 4.78 is 19.8. The fourth-order valence-corrected chi connectivity index (χ4v) is 2.98. The number of rotatable bonds is 12. The molecule has 0 aliphatic carbocycles. The van der Waals surface area contributed by atoms with Gasteiger partial charge in [-0.25, -0.2) is 0 Å². The van der Waals surface area contributed by atoms with E-state index in [-0.39, 0.29) is 6.42 Å². The van der Waals surface area contributed by atoms with Crippen molar-refractivity contribution in [3.8, 4) is 0 Å². The van der Waals surface area contributed by atoms with Gasteiger partial charge in [-0.15, -0.1) is 0 Å². The average Bonchev–Trinajstić information content (AvgIpc) is 2.61. The van der Waals surface area contributed by atoms with E-state index in [1.54, 1.807) is 0 Å². The molecule has 4 N–H and O–H groups in total. The second-order valence-corrected chi connectivity index (χ2v) is 6.62. The summed E-state index contributed by atoms with van der Waals surface area (Å²) in [5.41, 5.74) is 0. The van der Waals surface area contributed by atoms with Crippen LogP contribution in [0, 0.1) is 0 Å². The fourth-order valence-electron chi connectivity index (χ4n) is 2.98. The van der Waals surface area contributed by atoms with Crippen molar-refractivity contribution in [1.82, 2.24) is 0 Å². The summed E-state index contributed by atoms with van der Waals surface area (Å²) in [7, 11) is 0. The zero-order valence-corrected chi connectivity index (χ0v) is 15.1. The van der Waals surface area contributed by atoms with Gasteiger partial charge in [0.25, 0.3) is 0 Å². The van der Waals surface area contributed by atoms with Gasteiger partial charge in [0.05, 0.1) is 13.2 Å². The monoisotopic (exact) mass is 349 g/mol. The summed E-state index contributed by atoms with van der Waals surface area (Å²) >= 11 is 0. The van der Waals surface area contributed by atoms with Crippen LogP contribution in [0.3, 0.4) is 0 Å². The highest BCUT2D eigenvalue weighted by Crippen LogP contribution is 2.35. The van der Waals surface area contributed by atoms with Crippen molar-refractivity contribution >= 4 is 0 Å². The average molecular weight is 349 g/mol. The van der Waals surface area contributed by atoms with Gasteiger partial charge in [0, 0.05) is 7.79 Å². The van der Waals surface area contributed by atoms with Crippen LogP contribution in [-0.4, -0.2) is 63.8 Å². The van der Waals surface area contributed by atoms with Crippen LogP contribution < -0.4 is 0 Å². The van der Waals surface area contributed by atoms with E-state index in [1.807, 2.05) is 6.92 Å². The standard InChI is InChI=1S/C18H36O6/c1-3-5-7-9-11-18(23-12-10-8-6-4-2)17(22)16(21)15(20)14(13-19)24-18/h14-17,19-22H,3-13H2,1-2H3/t14-,15+,16+,17-,18?/m1/s1/i9D/t9?,14-,15+,16+,17-,18?. The molecule has 0 bridgehead atoms. The van der Waals surface area contributed by atoms with Crippen LogP contribution in [0.1, 0.15) is 73.0 Å². The molecule has 0 aromatic rings. The number of unbranched alkanes of at least 4 members (excludes halogenated alkanes) is 4. The summed E-state index contributed by atoms with van der Waals surface area (Å²) in [6, 6.07) is 0. The Balaban J connectivity index is 2.84. The first-order chi connectivity index (χ1) is 11.9. The van der Waals surface area contributed by atoms with Gasteiger partial charge >= 0.3 is 0 Å². The topological polar surface area (TPSA) is 99.4 Å². The van der Waals surface area contributed by atoms with E-state index < -0.39 is 43.2 Å². The van der Waals surface area contributed by atoms with Crippen molar-refractivity contribution in [3.05, 3.63) is 0 Å². The van der Waals surface area contributed by atoms with Crippen LogP contribution in [0.4, 0.5) is 0 Å². The van der Waals surface area contributed by atoms with Crippen molar-refractivity contribution in [3.63, 3.8) is 0 Å². The first kappa shape index (κ1) is 20.1. The Morgan fingerprint density at radius 2 is 1.67 bits per heavy atom. The summed E-state index contributed by atoms with van der Waals surface area (Å²) in [4.78, 5) is 0. The molecule has 1 saturated heterocycles. The van der Waals surface area contributed by atoms with E-state index in [2.05, 4.69) is 6.92 Å². The maximum Gasteiger partial charge on any atom is 0.197 e. The summed E-state index contributed by atoms with van der Waals surface area (Å²) in [6.07, 6.45) is 0.588. The Labute approximate surface area is 147 Å². The van der Waals surface area contributed by atoms with E-state index in [9.17, 15) is 20.4 Å². The largest absolute Gasteiger partial charge is 0.394 e. The number of hydrogen-bond acceptors (Lipinski definition) is 6. The zero-order valence-electron chi connectivity index (χ0n) is 16.1. The maximum atomic E-state index is 10.5. The van der Waals surface area contributed by atoms with Crippen LogP contribution in [0.2, 0.25) is 0 Å². The molecule has 0 spiro atoms. The van der Waals surface area contributed by atoms with Crippen molar-refractivity contribution in [2.75, 3.05) is 13.2 Å². The third-order valence-corrected chi connectivity index (χ3v) is 4.57. The van der Waals surface area contributed by atoms with Gasteiger partial charge in [0.2, 0.25) is 0 Å². The van der Waals surface area contributed by atoms with Crippen LogP contribution in [0.25, 0.3) is 0 Å². The Bertz CT molecular complexity index is 356. The molecule has 0 aromatic heterocycles. The Hall–Kier alpha value is -0.240. The molecule has 6 heteroatoms. The molecule has 1 aliphatic heterocycles. The summed E-state index contributed by atoms with van der Waals surface area (Å²) in [5.74, 6) is -1.57. The summed E-state index contributed by atoms with van der Waals surface area (Å²) in [5, 5.41) is 40.1. The lowest BCUT2D eigenvalue weighted by Crippen LogP contribution is -2.66. The fraction of sp³-hybridized carbons (Fsp3) is 1.00. The van der Waals surface area contributed by atoms with E-state index in [0.717, 1.165) is 38.5 Å². The minimum atomic E-state index is -1.57. The minimum absolute atomic E-state index is 0.0855. The Morgan fingerprint density at radius 1 is 1.00 bits per heavy atom. The Kier molecular flexibility index (Phi) is 9.53. The van der Waals surface area contributed by atoms with E-state index >= 15 is 0 Å². The predicted octanol–water partition coefficient (Wildman–Crippen LogP) is 1.72. The lowest BCUT2D eigenvalue weighted by molar-refractivity contribution is -0.366. The lowest BCUT2D eigenvalue weighted by atomic mass is 9.89. The molecule has 0 aromatic carbocycles. The Morgan fingerprint density at radius 3 is 2.29 bits per heavy atom. The number of aliphatic hydroxyl groups is 4. The normalized spacial score (nSPS) is 35.7. The minimum Gasteiger partial charge on any atom is -0.394 e. The third kappa shape index (κ3) is 5.93. The summed E-state index contributed by atoms with van der Waals surface area (Å²) in [6.45, 7) is 3.99. The van der Waals surface area contributed by atoms with Crippen LogP contribution in [-0.2, 0) is 9.47 Å². The molecule has 1 fully saturated rings. The molecule has 1 heterocycles. The first-order valence-corrected chi connectivity index (χ1v) is 9.30. The second kappa shape index (κ2) is 11.4. The molecule has 24 heavy (non-hydrogen) atoms. The molecule has 2 unspecified atom stereocenters. The van der Waals surface area contributed by atoms with Gasteiger partial charge in [-0.05, 0) is 12.8 Å². The van der Waals surface area contributed by atoms with Crippen molar-refractivity contribution in [2.45, 2.75) is 102 Å². The molecule has 0 saturated carbocycles. The predicted molar refractivity (Wildman–Crippen MR) is 91.6 cm³/mol. The molecule has 0 amide bonds. The maximum absolute atomic E-state index is 10.5. The third-order valence-electron chi connectivity index (χ3n) is 4.57. The highest BCUT2D eigenvalue weighted by atomic mass is 16.7. The van der Waals surface area contributed by atoms with Gasteiger partial charge in [-0.2, -0.15) is 0 Å². The molecule has 6 nitrogen and oxygen atoms in total. The first-order valence-electron chi connectivity index (χ1n) is 9.88. The van der Waals surface area contributed by atoms with Gasteiger partial charge in [-0.3, -0.25) is 0 Å². The van der Waals surface area contributed by atoms with Crippen molar-refractivity contribution in [2.24, 2.45) is 0 Å². The highest BCUT2D eigenvalue weighted by Gasteiger charge is 2.53. The SMILES string of the molecule is [2H]C(CCCC)CC1(OCCCCCC)O[C@H](CO)[C@H](O)[C@H](O)[C@H]1O. The van der Waals surface area contributed by atoms with E-state index in [0.29, 0.717) is 13.0 Å². The lowest BCUT2D eigenvalue weighted by Gasteiger charge is -2.48. The van der Waals surface area contributed by atoms with Crippen LogP contribution >= 0.6 is 0 Å². The molecule has 6 atom stereocenters. The number of ether oxygens (including phenoxy) is 2. The quantitative estimate of drug-likeness (QED) is 0.401. The van der Waals surface area contributed by atoms with Gasteiger partial charge in [-0.1, -0.05) is 52.4 Å². The van der Waals surface area contributed by atoms with Gasteiger partial charge in [0.1, 0.15) is 24.4 Å². The van der Waals surface area contributed by atoms with E-state index in [1.165, 1.54) is 0 Å². The van der Waals surface area contributed by atoms with Gasteiger partial charge < -0.3 is 29.9 Å². The van der Waals surface area contributed by atoms with Crippen molar-refractivity contribution < 1.29 is 31.3 Å². The zero-order chi connectivity index (χ0) is 18.9. The molecular formula is C18H36O6. The van der Waals surface area contributed by atoms with E-state index in [4.69, 9.17) is 10.8 Å². The molecule has 144 valence electrons. The molecule has 1 aliphatic rings. The van der Waals surface area contributed by atoms with Crippen molar-refractivity contribution in [1.29, 1.82) is 0 Å². The molecule has 0 radical (unpaired) electrons. The van der Waals surface area contributed by atoms with Crippen LogP contribution in [0.5, 0.6) is 0 Å². The van der Waals surface area contributed by atoms with Gasteiger partial charge in [0.15, 0.2) is 5.79 Å². The van der Waals surface area contributed by atoms with Crippen LogP contribution in [0.15, 0.2) is 0 Å². The highest BCUT2D eigenvalue weighted by molar-refractivity contribution is 4.97. The smallest absolute Gasteiger partial charge is 0.197 e. The molecule has 1 rings (SSSR count). The number of hydrogen-bond donors (Lipinski definition) is 4.